The number of hydrogen-bond donors (Lipinski definition) is 0. The van der Waals surface area contributed by atoms with E-state index in [0.717, 1.165) is 63.6 Å². The number of piperidine rings is 1. The third-order valence-electron chi connectivity index (χ3n) is 6.13. The van der Waals surface area contributed by atoms with E-state index < -0.39 is 0 Å². The molecule has 0 saturated carbocycles. The number of rotatable bonds is 6. The topological polar surface area (TPSA) is 38.1 Å². The van der Waals surface area contributed by atoms with E-state index in [0.29, 0.717) is 6.04 Å². The highest BCUT2D eigenvalue weighted by atomic mass is 16.5. The Hall–Kier alpha value is -1.82. The molecule has 2 fully saturated rings. The molecule has 0 bridgehead atoms. The summed E-state index contributed by atoms with van der Waals surface area (Å²) in [5.74, 6) is 1.94. The van der Waals surface area contributed by atoms with Gasteiger partial charge < -0.3 is 13.9 Å². The van der Waals surface area contributed by atoms with Crippen LogP contribution in [0.2, 0.25) is 0 Å². The van der Waals surface area contributed by atoms with Gasteiger partial charge in [-0.2, -0.15) is 0 Å². The highest BCUT2D eigenvalue weighted by Gasteiger charge is 2.43. The lowest BCUT2D eigenvalue weighted by atomic mass is 9.87. The number of likely N-dealkylation sites (tertiary alicyclic amines) is 1. The van der Waals surface area contributed by atoms with E-state index in [1.54, 1.807) is 13.4 Å². The predicted octanol–water partition coefficient (Wildman–Crippen LogP) is 3.54. The molecule has 0 radical (unpaired) electrons. The van der Waals surface area contributed by atoms with Gasteiger partial charge in [-0.15, -0.1) is 0 Å². The smallest absolute Gasteiger partial charge is 0.118 e. The molecule has 2 aromatic rings. The second kappa shape index (κ2) is 8.05. The van der Waals surface area contributed by atoms with Crippen molar-refractivity contribution in [2.45, 2.75) is 44.0 Å². The molecular weight excluding hydrogens is 340 g/mol. The number of hydrogen-bond acceptors (Lipinski definition) is 5. The molecule has 2 saturated heterocycles. The van der Waals surface area contributed by atoms with Crippen LogP contribution in [0.4, 0.5) is 0 Å². The lowest BCUT2D eigenvalue weighted by molar-refractivity contribution is -0.0452. The standard InChI is InChI=1S/C22H30N2O3/c1-23(16-21-4-3-13-26-21)19-14-22(27-17-19)9-11-24(12-10-22)15-18-5-7-20(25-2)8-6-18/h3-8,13,19H,9-12,14-17H2,1-2H3/t19-/m0/s1. The highest BCUT2D eigenvalue weighted by Crippen LogP contribution is 2.38. The molecule has 1 spiro atoms. The van der Waals surface area contributed by atoms with Crippen molar-refractivity contribution in [3.8, 4) is 5.75 Å². The molecule has 146 valence electrons. The first-order valence-electron chi connectivity index (χ1n) is 9.88. The van der Waals surface area contributed by atoms with Crippen molar-refractivity contribution in [2.24, 2.45) is 0 Å². The van der Waals surface area contributed by atoms with E-state index in [-0.39, 0.29) is 5.60 Å². The zero-order valence-electron chi connectivity index (χ0n) is 16.4. The van der Waals surface area contributed by atoms with E-state index >= 15 is 0 Å². The molecular formula is C22H30N2O3. The Morgan fingerprint density at radius 3 is 2.63 bits per heavy atom. The zero-order valence-corrected chi connectivity index (χ0v) is 16.4. The number of benzene rings is 1. The van der Waals surface area contributed by atoms with Gasteiger partial charge in [0.2, 0.25) is 0 Å². The molecule has 4 rings (SSSR count). The Bertz CT molecular complexity index is 706. The molecule has 1 aromatic heterocycles. The van der Waals surface area contributed by atoms with E-state index in [1.165, 1.54) is 5.56 Å². The van der Waals surface area contributed by atoms with Crippen LogP contribution in [0.5, 0.6) is 5.75 Å². The Morgan fingerprint density at radius 1 is 1.19 bits per heavy atom. The highest BCUT2D eigenvalue weighted by molar-refractivity contribution is 5.27. The molecule has 1 atom stereocenters. The summed E-state index contributed by atoms with van der Waals surface area (Å²) in [6.45, 7) is 4.87. The van der Waals surface area contributed by atoms with E-state index in [1.807, 2.05) is 24.3 Å². The van der Waals surface area contributed by atoms with Gasteiger partial charge in [0.05, 0.1) is 32.1 Å². The molecule has 5 nitrogen and oxygen atoms in total. The van der Waals surface area contributed by atoms with Crippen LogP contribution in [-0.4, -0.2) is 55.3 Å². The lowest BCUT2D eigenvalue weighted by Gasteiger charge is -2.39. The molecule has 0 N–H and O–H groups in total. The summed E-state index contributed by atoms with van der Waals surface area (Å²) in [4.78, 5) is 4.91. The Labute approximate surface area is 161 Å². The summed E-state index contributed by atoms with van der Waals surface area (Å²) < 4.78 is 17.1. The Balaban J connectivity index is 1.27. The van der Waals surface area contributed by atoms with Crippen LogP contribution in [0.25, 0.3) is 0 Å². The van der Waals surface area contributed by atoms with Gasteiger partial charge in [-0.1, -0.05) is 12.1 Å². The van der Waals surface area contributed by atoms with Crippen molar-refractivity contribution in [1.29, 1.82) is 0 Å². The number of likely N-dealkylation sites (N-methyl/N-ethyl adjacent to an activating group) is 1. The maximum Gasteiger partial charge on any atom is 0.118 e. The van der Waals surface area contributed by atoms with Gasteiger partial charge in [0.15, 0.2) is 0 Å². The first-order valence-corrected chi connectivity index (χ1v) is 9.88. The maximum absolute atomic E-state index is 6.35. The average molecular weight is 370 g/mol. The minimum atomic E-state index is 0.0680. The van der Waals surface area contributed by atoms with Gasteiger partial charge in [0, 0.05) is 25.7 Å². The van der Waals surface area contributed by atoms with Crippen LogP contribution in [0.15, 0.2) is 47.1 Å². The SMILES string of the molecule is COc1ccc(CN2CCC3(CC2)C[C@H](N(C)Cc2ccco2)CO3)cc1. The minimum absolute atomic E-state index is 0.0680. The van der Waals surface area contributed by atoms with Gasteiger partial charge in [-0.25, -0.2) is 0 Å². The third kappa shape index (κ3) is 4.37. The molecule has 5 heteroatoms. The number of ether oxygens (including phenoxy) is 2. The van der Waals surface area contributed by atoms with Crippen LogP contribution in [-0.2, 0) is 17.8 Å². The number of methoxy groups -OCH3 is 1. The van der Waals surface area contributed by atoms with Gasteiger partial charge in [0.1, 0.15) is 11.5 Å². The molecule has 0 amide bonds. The van der Waals surface area contributed by atoms with Crippen LogP contribution in [0.3, 0.4) is 0 Å². The maximum atomic E-state index is 6.35. The molecule has 27 heavy (non-hydrogen) atoms. The van der Waals surface area contributed by atoms with Crippen LogP contribution < -0.4 is 4.74 Å². The summed E-state index contributed by atoms with van der Waals surface area (Å²) in [6.07, 6.45) is 5.11. The first-order chi connectivity index (χ1) is 13.2. The quantitative estimate of drug-likeness (QED) is 0.778. The first kappa shape index (κ1) is 18.5. The Morgan fingerprint density at radius 2 is 1.96 bits per heavy atom. The van der Waals surface area contributed by atoms with Crippen molar-refractivity contribution in [2.75, 3.05) is 33.9 Å². The summed E-state index contributed by atoms with van der Waals surface area (Å²) in [5.41, 5.74) is 1.41. The fourth-order valence-corrected chi connectivity index (χ4v) is 4.34. The van der Waals surface area contributed by atoms with Crippen molar-refractivity contribution in [1.82, 2.24) is 9.80 Å². The number of furan rings is 1. The molecule has 2 aliphatic rings. The molecule has 2 aliphatic heterocycles. The van der Waals surface area contributed by atoms with Crippen molar-refractivity contribution in [3.05, 3.63) is 54.0 Å². The summed E-state index contributed by atoms with van der Waals surface area (Å²) in [6, 6.07) is 12.9. The average Bonchev–Trinajstić information content (AvgIpc) is 3.35. The number of nitrogens with zero attached hydrogens (tertiary/aromatic N) is 2. The van der Waals surface area contributed by atoms with Crippen molar-refractivity contribution < 1.29 is 13.9 Å². The predicted molar refractivity (Wildman–Crippen MR) is 105 cm³/mol. The monoisotopic (exact) mass is 370 g/mol. The second-order valence-electron chi connectivity index (χ2n) is 7.97. The normalized spacial score (nSPS) is 22.6. The summed E-state index contributed by atoms with van der Waals surface area (Å²) in [7, 11) is 3.88. The Kier molecular flexibility index (Phi) is 5.53. The third-order valence-corrected chi connectivity index (χ3v) is 6.13. The van der Waals surface area contributed by atoms with Crippen LogP contribution >= 0.6 is 0 Å². The van der Waals surface area contributed by atoms with E-state index in [4.69, 9.17) is 13.9 Å². The summed E-state index contributed by atoms with van der Waals surface area (Å²) in [5, 5.41) is 0. The van der Waals surface area contributed by atoms with Crippen molar-refractivity contribution in [3.63, 3.8) is 0 Å². The molecule has 0 aliphatic carbocycles. The molecule has 1 aromatic carbocycles. The second-order valence-corrected chi connectivity index (χ2v) is 7.97. The lowest BCUT2D eigenvalue weighted by Crippen LogP contribution is -2.44. The van der Waals surface area contributed by atoms with Gasteiger partial charge >= 0.3 is 0 Å². The fourth-order valence-electron chi connectivity index (χ4n) is 4.34. The fraction of sp³-hybridized carbons (Fsp3) is 0.545. The zero-order chi connectivity index (χ0) is 18.7. The van der Waals surface area contributed by atoms with Crippen LogP contribution in [0.1, 0.15) is 30.6 Å². The summed E-state index contributed by atoms with van der Waals surface area (Å²) >= 11 is 0. The van der Waals surface area contributed by atoms with E-state index in [2.05, 4.69) is 29.0 Å². The van der Waals surface area contributed by atoms with Crippen molar-refractivity contribution >= 4 is 0 Å². The largest absolute Gasteiger partial charge is 0.497 e. The van der Waals surface area contributed by atoms with E-state index in [9.17, 15) is 0 Å². The van der Waals surface area contributed by atoms with Gasteiger partial charge in [0.25, 0.3) is 0 Å². The van der Waals surface area contributed by atoms with Crippen LogP contribution in [0, 0.1) is 0 Å². The van der Waals surface area contributed by atoms with Gasteiger partial charge in [-0.05, 0) is 56.1 Å². The molecule has 0 unspecified atom stereocenters. The van der Waals surface area contributed by atoms with Gasteiger partial charge in [-0.3, -0.25) is 9.80 Å². The molecule has 3 heterocycles. The minimum Gasteiger partial charge on any atom is -0.497 e.